The van der Waals surface area contributed by atoms with Crippen molar-refractivity contribution < 1.29 is 13.6 Å². The summed E-state index contributed by atoms with van der Waals surface area (Å²) < 4.78 is 29.5. The van der Waals surface area contributed by atoms with Gasteiger partial charge < -0.3 is 25.8 Å². The highest BCUT2D eigenvalue weighted by Gasteiger charge is 2.33. The van der Waals surface area contributed by atoms with E-state index in [1.165, 1.54) is 12.4 Å². The second kappa shape index (κ2) is 10.5. The quantitative estimate of drug-likeness (QED) is 0.369. The van der Waals surface area contributed by atoms with Gasteiger partial charge >= 0.3 is 0 Å². The molecule has 10 nitrogen and oxygen atoms in total. The molecule has 4 aromatic rings. The van der Waals surface area contributed by atoms with Crippen molar-refractivity contribution in [3.63, 3.8) is 0 Å². The van der Waals surface area contributed by atoms with Crippen LogP contribution in [0.3, 0.4) is 0 Å². The van der Waals surface area contributed by atoms with Gasteiger partial charge in [0.2, 0.25) is 5.91 Å². The van der Waals surface area contributed by atoms with Crippen molar-refractivity contribution in [3.8, 4) is 11.3 Å². The number of nitrogens with two attached hydrogens (primary N) is 2. The van der Waals surface area contributed by atoms with E-state index in [4.69, 9.17) is 11.5 Å². The fourth-order valence-corrected chi connectivity index (χ4v) is 5.06. The second-order valence-electron chi connectivity index (χ2n) is 10.3. The largest absolute Gasteiger partial charge is 0.382 e. The van der Waals surface area contributed by atoms with Gasteiger partial charge in [-0.1, -0.05) is 0 Å². The Morgan fingerprint density at radius 3 is 2.72 bits per heavy atom. The predicted molar refractivity (Wildman–Crippen MR) is 145 cm³/mol. The number of carbonyl (C=O) groups is 1. The summed E-state index contributed by atoms with van der Waals surface area (Å²) >= 11 is 0. The Bertz CT molecular complexity index is 1520. The lowest BCUT2D eigenvalue weighted by atomic mass is 9.85. The van der Waals surface area contributed by atoms with Crippen LogP contribution >= 0.6 is 0 Å². The molecule has 1 aliphatic heterocycles. The molecule has 0 saturated carbocycles. The van der Waals surface area contributed by atoms with Gasteiger partial charge in [0.25, 0.3) is 0 Å². The van der Waals surface area contributed by atoms with Crippen molar-refractivity contribution in [3.05, 3.63) is 60.3 Å². The van der Waals surface area contributed by atoms with E-state index in [9.17, 15) is 13.6 Å². The highest BCUT2D eigenvalue weighted by atomic mass is 19.2. The average molecular weight is 536 g/mol. The maximum Gasteiger partial charge on any atom is 0.222 e. The number of hydrogen-bond donors (Lipinski definition) is 2. The zero-order chi connectivity index (χ0) is 27.7. The minimum atomic E-state index is -0.941. The number of nitrogens with zero attached hydrogens (tertiary/aromatic N) is 7. The number of nitrogen functional groups attached to an aromatic ring is 1. The molecule has 0 unspecified atom stereocenters. The van der Waals surface area contributed by atoms with Gasteiger partial charge in [0.15, 0.2) is 23.1 Å². The zero-order valence-electron chi connectivity index (χ0n) is 21.9. The summed E-state index contributed by atoms with van der Waals surface area (Å²) in [6.45, 7) is 1.68. The van der Waals surface area contributed by atoms with E-state index < -0.39 is 17.2 Å². The van der Waals surface area contributed by atoms with E-state index >= 15 is 0 Å². The number of pyridine rings is 1. The van der Waals surface area contributed by atoms with E-state index in [0.29, 0.717) is 48.4 Å². The first-order valence-electron chi connectivity index (χ1n) is 12.7. The predicted octanol–water partition coefficient (Wildman–Crippen LogP) is 2.96. The van der Waals surface area contributed by atoms with Gasteiger partial charge in [-0.2, -0.15) is 0 Å². The van der Waals surface area contributed by atoms with Gasteiger partial charge in [0, 0.05) is 44.7 Å². The molecule has 3 aromatic heterocycles. The molecule has 204 valence electrons. The Morgan fingerprint density at radius 2 is 1.95 bits per heavy atom. The van der Waals surface area contributed by atoms with Gasteiger partial charge in [0.1, 0.15) is 11.8 Å². The minimum Gasteiger partial charge on any atom is -0.382 e. The Labute approximate surface area is 224 Å². The maximum atomic E-state index is 14.0. The summed E-state index contributed by atoms with van der Waals surface area (Å²) in [6, 6.07) is 5.58. The minimum absolute atomic E-state index is 0.0448. The van der Waals surface area contributed by atoms with Crippen LogP contribution in [-0.2, 0) is 11.3 Å². The van der Waals surface area contributed by atoms with E-state index in [2.05, 4.69) is 24.8 Å². The van der Waals surface area contributed by atoms with Gasteiger partial charge in [0.05, 0.1) is 30.5 Å². The molecule has 12 heteroatoms. The van der Waals surface area contributed by atoms with Gasteiger partial charge in [-0.15, -0.1) is 0 Å². The Morgan fingerprint density at radius 1 is 1.13 bits per heavy atom. The molecule has 39 heavy (non-hydrogen) atoms. The average Bonchev–Trinajstić information content (AvgIpc) is 3.33. The number of rotatable bonds is 7. The molecule has 1 fully saturated rings. The molecule has 1 aliphatic rings. The van der Waals surface area contributed by atoms with E-state index in [0.717, 1.165) is 42.8 Å². The fraction of sp³-hybridized carbons (Fsp3) is 0.370. The van der Waals surface area contributed by atoms with E-state index in [-0.39, 0.29) is 11.7 Å². The smallest absolute Gasteiger partial charge is 0.222 e. The van der Waals surface area contributed by atoms with Gasteiger partial charge in [-0.25, -0.2) is 23.7 Å². The van der Waals surface area contributed by atoms with Crippen LogP contribution in [0.1, 0.15) is 31.2 Å². The molecular weight excluding hydrogens is 504 g/mol. The zero-order valence-corrected chi connectivity index (χ0v) is 21.9. The molecule has 0 radical (unpaired) electrons. The number of carbonyl (C=O) groups excluding carboxylic acids is 1. The highest BCUT2D eigenvalue weighted by molar-refractivity contribution is 5.81. The second-order valence-corrected chi connectivity index (χ2v) is 10.3. The first kappa shape index (κ1) is 26.4. The third kappa shape index (κ3) is 5.51. The molecule has 1 saturated heterocycles. The van der Waals surface area contributed by atoms with Crippen molar-refractivity contribution >= 4 is 28.6 Å². The van der Waals surface area contributed by atoms with Crippen molar-refractivity contribution in [1.82, 2.24) is 29.4 Å². The number of amides is 1. The monoisotopic (exact) mass is 535 g/mol. The highest BCUT2D eigenvalue weighted by Crippen LogP contribution is 2.33. The summed E-state index contributed by atoms with van der Waals surface area (Å²) in [4.78, 5) is 33.3. The number of benzene rings is 1. The third-order valence-corrected chi connectivity index (χ3v) is 7.24. The molecule has 0 aliphatic carbocycles. The maximum absolute atomic E-state index is 14.0. The van der Waals surface area contributed by atoms with Crippen LogP contribution in [0.4, 0.5) is 20.3 Å². The van der Waals surface area contributed by atoms with Crippen LogP contribution in [-0.4, -0.2) is 68.0 Å². The molecule has 0 spiro atoms. The third-order valence-electron chi connectivity index (χ3n) is 7.24. The summed E-state index contributed by atoms with van der Waals surface area (Å²) in [5.74, 6) is -1.53. The van der Waals surface area contributed by atoms with Crippen molar-refractivity contribution in [2.75, 3.05) is 37.8 Å². The number of imidazole rings is 1. The van der Waals surface area contributed by atoms with Gasteiger partial charge in [-0.3, -0.25) is 9.78 Å². The Kier molecular flexibility index (Phi) is 7.13. The number of halogens is 2. The van der Waals surface area contributed by atoms with Crippen molar-refractivity contribution in [1.29, 1.82) is 0 Å². The molecule has 5 rings (SSSR count). The van der Waals surface area contributed by atoms with Crippen LogP contribution < -0.4 is 16.4 Å². The Balaban J connectivity index is 1.51. The topological polar surface area (TPSA) is 132 Å². The van der Waals surface area contributed by atoms with Crippen molar-refractivity contribution in [2.45, 2.75) is 37.8 Å². The fourth-order valence-electron chi connectivity index (χ4n) is 5.06. The first-order valence-corrected chi connectivity index (χ1v) is 12.7. The molecule has 4 heterocycles. The number of piperidine rings is 1. The van der Waals surface area contributed by atoms with Crippen LogP contribution in [0.25, 0.3) is 22.4 Å². The van der Waals surface area contributed by atoms with Crippen LogP contribution in [0, 0.1) is 11.6 Å². The number of anilines is 2. The Hall–Kier alpha value is -4.19. The summed E-state index contributed by atoms with van der Waals surface area (Å²) in [6.07, 6.45) is 7.38. The van der Waals surface area contributed by atoms with Crippen molar-refractivity contribution in [2.24, 2.45) is 5.73 Å². The van der Waals surface area contributed by atoms with E-state index in [1.54, 1.807) is 31.5 Å². The SMILES string of the molecule is CN(C)C(=O)CC[C@@]1(N)CCCN(c2cnc(-c3ccc(F)c(F)c3)cc2Cn2cnc3c(N)ncnc32)C1. The molecule has 4 N–H and O–H groups in total. The molecular formula is C27H31F2N9O. The normalized spacial score (nSPS) is 17.5. The standard InChI is InChI=1S/C27H31F2N9O/c1-36(2)23(39)6-8-27(31)7-3-9-37(14-27)22-12-32-21(17-4-5-19(28)20(29)10-17)11-18(22)13-38-16-35-24-25(30)33-15-34-26(24)38/h4-5,10-12,15-16H,3,6-9,13-14,31H2,1-2H3,(H2,30,33,34)/t27-/m0/s1. The number of aromatic nitrogens is 5. The number of hydrogen-bond acceptors (Lipinski definition) is 8. The van der Waals surface area contributed by atoms with Crippen LogP contribution in [0.15, 0.2) is 43.1 Å². The lowest BCUT2D eigenvalue weighted by molar-refractivity contribution is -0.129. The molecule has 1 amide bonds. The summed E-state index contributed by atoms with van der Waals surface area (Å²) in [5, 5.41) is 0. The van der Waals surface area contributed by atoms with Crippen LogP contribution in [0.5, 0.6) is 0 Å². The number of fused-ring (bicyclic) bond motifs is 1. The molecule has 1 aromatic carbocycles. The van der Waals surface area contributed by atoms with E-state index in [1.807, 2.05) is 10.6 Å². The first-order chi connectivity index (χ1) is 18.6. The summed E-state index contributed by atoms with van der Waals surface area (Å²) in [5.41, 5.74) is 16.0. The van der Waals surface area contributed by atoms with Crippen LogP contribution in [0.2, 0.25) is 0 Å². The lowest BCUT2D eigenvalue weighted by Crippen LogP contribution is -2.55. The summed E-state index contributed by atoms with van der Waals surface area (Å²) in [7, 11) is 3.48. The molecule has 0 bridgehead atoms. The van der Waals surface area contributed by atoms with Gasteiger partial charge in [-0.05, 0) is 49.1 Å². The lowest BCUT2D eigenvalue weighted by Gasteiger charge is -2.42. The molecule has 1 atom stereocenters.